The molecule has 33 heavy (non-hydrogen) atoms. The van der Waals surface area contributed by atoms with Crippen molar-refractivity contribution in [2.24, 2.45) is 5.92 Å². The van der Waals surface area contributed by atoms with Crippen molar-refractivity contribution in [1.29, 1.82) is 0 Å². The van der Waals surface area contributed by atoms with Gasteiger partial charge in [-0.3, -0.25) is 0 Å². The maximum absolute atomic E-state index is 6.34. The minimum absolute atomic E-state index is 0.562. The van der Waals surface area contributed by atoms with Gasteiger partial charge < -0.3 is 4.74 Å². The van der Waals surface area contributed by atoms with Crippen LogP contribution in [0.5, 0.6) is 5.75 Å². The van der Waals surface area contributed by atoms with Gasteiger partial charge in [0.15, 0.2) is 0 Å². The second kappa shape index (κ2) is 9.55. The number of hydrogen-bond donors (Lipinski definition) is 0. The highest BCUT2D eigenvalue weighted by Gasteiger charge is 2.16. The molecule has 0 aliphatic rings. The average Bonchev–Trinajstić information content (AvgIpc) is 2.83. The molecule has 0 radical (unpaired) electrons. The molecule has 0 N–H and O–H groups in total. The number of hydrogen-bond acceptors (Lipinski definition) is 3. The zero-order chi connectivity index (χ0) is 22.9. The third kappa shape index (κ3) is 4.33. The molecule has 5 heteroatoms. The van der Waals surface area contributed by atoms with E-state index >= 15 is 0 Å². The Morgan fingerprint density at radius 2 is 1.45 bits per heavy atom. The molecule has 0 spiro atoms. The average molecular weight is 566 g/mol. The standard InChI is InChI=1S/C28H26Br2N2O/c1-3-5-7-17(4-2)16-33-25-9-6-8-24-28(25)32-27-23-15-19(30)11-13-21(23)20-12-10-18(29)14-22(20)26(27)31-24/h6,8-15,17H,3-5,7,16H2,1-2H3. The normalized spacial score (nSPS) is 12.7. The minimum atomic E-state index is 0.562. The molecule has 5 rings (SSSR count). The van der Waals surface area contributed by atoms with Gasteiger partial charge in [-0.15, -0.1) is 0 Å². The largest absolute Gasteiger partial charge is 0.491 e. The highest BCUT2D eigenvalue weighted by molar-refractivity contribution is 9.10. The molecule has 3 nitrogen and oxygen atoms in total. The summed E-state index contributed by atoms with van der Waals surface area (Å²) in [5.41, 5.74) is 3.50. The Labute approximate surface area is 210 Å². The van der Waals surface area contributed by atoms with Gasteiger partial charge in [-0.25, -0.2) is 9.97 Å². The molecule has 168 valence electrons. The molecule has 0 aliphatic carbocycles. The molecule has 0 bridgehead atoms. The molecule has 1 aromatic heterocycles. The third-order valence-electron chi connectivity index (χ3n) is 6.44. The van der Waals surface area contributed by atoms with Gasteiger partial charge in [0.25, 0.3) is 0 Å². The highest BCUT2D eigenvalue weighted by atomic mass is 79.9. The van der Waals surface area contributed by atoms with Crippen LogP contribution in [-0.4, -0.2) is 16.6 Å². The summed E-state index contributed by atoms with van der Waals surface area (Å²) in [5, 5.41) is 4.54. The summed E-state index contributed by atoms with van der Waals surface area (Å²) >= 11 is 7.29. The molecular weight excluding hydrogens is 540 g/mol. The predicted octanol–water partition coefficient (Wildman–Crippen LogP) is 9.21. The zero-order valence-electron chi connectivity index (χ0n) is 18.9. The van der Waals surface area contributed by atoms with Crippen molar-refractivity contribution >= 4 is 75.5 Å². The lowest BCUT2D eigenvalue weighted by Gasteiger charge is -2.17. The van der Waals surface area contributed by atoms with Crippen molar-refractivity contribution in [3.05, 3.63) is 63.5 Å². The lowest BCUT2D eigenvalue weighted by atomic mass is 9.99. The van der Waals surface area contributed by atoms with Gasteiger partial charge >= 0.3 is 0 Å². The summed E-state index contributed by atoms with van der Waals surface area (Å²) in [6.07, 6.45) is 4.78. The van der Waals surface area contributed by atoms with Crippen LogP contribution in [0, 0.1) is 5.92 Å². The van der Waals surface area contributed by atoms with E-state index in [0.29, 0.717) is 12.5 Å². The van der Waals surface area contributed by atoms with Crippen molar-refractivity contribution in [1.82, 2.24) is 9.97 Å². The minimum Gasteiger partial charge on any atom is -0.491 e. The predicted molar refractivity (Wildman–Crippen MR) is 146 cm³/mol. The van der Waals surface area contributed by atoms with E-state index in [1.807, 2.05) is 18.2 Å². The van der Waals surface area contributed by atoms with Crippen LogP contribution in [0.1, 0.15) is 39.5 Å². The first-order valence-corrected chi connectivity index (χ1v) is 13.2. The van der Waals surface area contributed by atoms with E-state index in [4.69, 9.17) is 14.7 Å². The first-order chi connectivity index (χ1) is 16.1. The maximum atomic E-state index is 6.34. The summed E-state index contributed by atoms with van der Waals surface area (Å²) in [4.78, 5) is 10.3. The van der Waals surface area contributed by atoms with Gasteiger partial charge in [-0.05, 0) is 59.5 Å². The van der Waals surface area contributed by atoms with Gasteiger partial charge in [-0.1, -0.05) is 83.2 Å². The monoisotopic (exact) mass is 564 g/mol. The Morgan fingerprint density at radius 1 is 0.788 bits per heavy atom. The Hall–Kier alpha value is -2.24. The first kappa shape index (κ1) is 22.5. The summed E-state index contributed by atoms with van der Waals surface area (Å²) < 4.78 is 8.40. The van der Waals surface area contributed by atoms with Crippen molar-refractivity contribution in [3.63, 3.8) is 0 Å². The van der Waals surface area contributed by atoms with Crippen LogP contribution in [0.3, 0.4) is 0 Å². The zero-order valence-corrected chi connectivity index (χ0v) is 22.0. The Balaban J connectivity index is 1.72. The number of ether oxygens (including phenoxy) is 1. The fraction of sp³-hybridized carbons (Fsp3) is 0.286. The number of halogens is 2. The molecule has 0 saturated carbocycles. The van der Waals surface area contributed by atoms with Crippen LogP contribution in [0.25, 0.3) is 43.6 Å². The Kier molecular flexibility index (Phi) is 6.53. The number of rotatable bonds is 7. The molecule has 4 aromatic carbocycles. The maximum Gasteiger partial charge on any atom is 0.147 e. The molecule has 1 atom stereocenters. The van der Waals surface area contributed by atoms with Crippen molar-refractivity contribution in [2.45, 2.75) is 39.5 Å². The summed E-state index contributed by atoms with van der Waals surface area (Å²) in [6.45, 7) is 5.20. The fourth-order valence-corrected chi connectivity index (χ4v) is 5.27. The molecule has 5 aromatic rings. The Morgan fingerprint density at radius 3 is 2.09 bits per heavy atom. The van der Waals surface area contributed by atoms with Crippen LogP contribution < -0.4 is 4.74 Å². The molecule has 1 heterocycles. The molecule has 1 unspecified atom stereocenters. The van der Waals surface area contributed by atoms with Crippen molar-refractivity contribution < 1.29 is 4.74 Å². The topological polar surface area (TPSA) is 35.0 Å². The van der Waals surface area contributed by atoms with E-state index in [9.17, 15) is 0 Å². The Bertz CT molecular complexity index is 1480. The third-order valence-corrected chi connectivity index (χ3v) is 7.43. The SMILES string of the molecule is CCCCC(CC)COc1cccc2nc3c4cc(Br)ccc4c4ccc(Br)cc4c3nc12. The number of benzene rings is 4. The van der Waals surface area contributed by atoms with Crippen LogP contribution in [0.15, 0.2) is 63.5 Å². The van der Waals surface area contributed by atoms with Gasteiger partial charge in [0.1, 0.15) is 11.3 Å². The molecule has 0 fully saturated rings. The van der Waals surface area contributed by atoms with Crippen LogP contribution in [0.2, 0.25) is 0 Å². The van der Waals surface area contributed by atoms with E-state index < -0.39 is 0 Å². The van der Waals surface area contributed by atoms with E-state index in [-0.39, 0.29) is 0 Å². The lowest BCUT2D eigenvalue weighted by Crippen LogP contribution is -2.11. The van der Waals surface area contributed by atoms with E-state index in [0.717, 1.165) is 54.0 Å². The quantitative estimate of drug-likeness (QED) is 0.146. The smallest absolute Gasteiger partial charge is 0.147 e. The van der Waals surface area contributed by atoms with Gasteiger partial charge in [0.05, 0.1) is 23.2 Å². The summed E-state index contributed by atoms with van der Waals surface area (Å²) in [6, 6.07) is 18.8. The first-order valence-electron chi connectivity index (χ1n) is 11.6. The number of para-hydroxylation sites is 1. The second-order valence-electron chi connectivity index (χ2n) is 8.65. The molecule has 0 aliphatic heterocycles. The fourth-order valence-electron chi connectivity index (χ4n) is 4.54. The van der Waals surface area contributed by atoms with Crippen LogP contribution in [-0.2, 0) is 0 Å². The number of fused-ring (bicyclic) bond motifs is 7. The van der Waals surface area contributed by atoms with Crippen LogP contribution in [0.4, 0.5) is 0 Å². The van der Waals surface area contributed by atoms with E-state index in [2.05, 4.69) is 82.1 Å². The van der Waals surface area contributed by atoms with Crippen molar-refractivity contribution in [2.75, 3.05) is 6.61 Å². The highest BCUT2D eigenvalue weighted by Crippen LogP contribution is 2.37. The van der Waals surface area contributed by atoms with Gasteiger partial charge in [0, 0.05) is 19.7 Å². The molecule has 0 amide bonds. The summed E-state index contributed by atoms with van der Waals surface area (Å²) in [7, 11) is 0. The lowest BCUT2D eigenvalue weighted by molar-refractivity contribution is 0.235. The van der Waals surface area contributed by atoms with Crippen molar-refractivity contribution in [3.8, 4) is 5.75 Å². The molecular formula is C28H26Br2N2O. The van der Waals surface area contributed by atoms with Gasteiger partial charge in [0.2, 0.25) is 0 Å². The van der Waals surface area contributed by atoms with E-state index in [1.54, 1.807) is 0 Å². The van der Waals surface area contributed by atoms with Crippen LogP contribution >= 0.6 is 31.9 Å². The molecule has 0 saturated heterocycles. The summed E-state index contributed by atoms with van der Waals surface area (Å²) in [5.74, 6) is 1.38. The number of unbranched alkanes of at least 4 members (excludes halogenated alkanes) is 1. The van der Waals surface area contributed by atoms with E-state index in [1.165, 1.54) is 30.0 Å². The number of aromatic nitrogens is 2. The number of nitrogens with zero attached hydrogens (tertiary/aromatic N) is 2. The second-order valence-corrected chi connectivity index (χ2v) is 10.5. The van der Waals surface area contributed by atoms with Gasteiger partial charge in [-0.2, -0.15) is 0 Å².